The number of benzene rings is 2. The zero-order chi connectivity index (χ0) is 30.2. The number of carbonyl (C=O) groups is 3. The highest BCUT2D eigenvalue weighted by Gasteiger charge is 2.19. The fraction of sp³-hybridized carbons (Fsp3) is 0.441. The molecule has 5 heteroatoms. The molecule has 3 rings (SSSR count). The Morgan fingerprint density at radius 1 is 0.974 bits per heavy atom. The first kappa shape index (κ1) is 37.7. The van der Waals surface area contributed by atoms with Gasteiger partial charge in [0.15, 0.2) is 5.78 Å². The molecule has 1 amide bonds. The van der Waals surface area contributed by atoms with Crippen LogP contribution in [-0.4, -0.2) is 36.7 Å². The fourth-order valence-corrected chi connectivity index (χ4v) is 2.92. The van der Waals surface area contributed by atoms with Gasteiger partial charge >= 0.3 is 0 Å². The SMILES string of the molecule is C=CCCC1CC1.CC.CCc1ccc(C#Cc2ccc(C(C)=O)cc2)cc1.CNC(=O)C(C)C(C)=O.CO. The zero-order valence-corrected chi connectivity index (χ0v) is 25.3. The molecule has 0 aliphatic heterocycles. The number of amides is 1. The van der Waals surface area contributed by atoms with Crippen LogP contribution in [-0.2, 0) is 16.0 Å². The Labute approximate surface area is 237 Å². The molecule has 0 heterocycles. The smallest absolute Gasteiger partial charge is 0.230 e. The van der Waals surface area contributed by atoms with Gasteiger partial charge in [-0.2, -0.15) is 0 Å². The second-order valence-corrected chi connectivity index (χ2v) is 8.69. The highest BCUT2D eigenvalue weighted by Crippen LogP contribution is 2.33. The molecule has 0 radical (unpaired) electrons. The lowest BCUT2D eigenvalue weighted by Gasteiger charge is -2.03. The van der Waals surface area contributed by atoms with Gasteiger partial charge in [-0.3, -0.25) is 14.4 Å². The third-order valence-corrected chi connectivity index (χ3v) is 5.73. The number of aryl methyl sites for hydroxylation is 1. The lowest BCUT2D eigenvalue weighted by Crippen LogP contribution is -2.29. The minimum absolute atomic E-state index is 0.0784. The van der Waals surface area contributed by atoms with Gasteiger partial charge in [-0.25, -0.2) is 0 Å². The average molecular weight is 536 g/mol. The number of ketones is 2. The minimum atomic E-state index is -0.505. The summed E-state index contributed by atoms with van der Waals surface area (Å²) in [5, 5.41) is 9.39. The summed E-state index contributed by atoms with van der Waals surface area (Å²) < 4.78 is 0. The Bertz CT molecular complexity index is 1020. The molecule has 2 aromatic rings. The van der Waals surface area contributed by atoms with Crippen molar-refractivity contribution in [2.45, 2.75) is 73.6 Å². The van der Waals surface area contributed by atoms with Crippen LogP contribution in [0.25, 0.3) is 0 Å². The van der Waals surface area contributed by atoms with Gasteiger partial charge in [0.1, 0.15) is 5.78 Å². The summed E-state index contributed by atoms with van der Waals surface area (Å²) in [7, 11) is 2.52. The molecule has 2 N–H and O–H groups in total. The van der Waals surface area contributed by atoms with Gasteiger partial charge in [0, 0.05) is 30.8 Å². The molecule has 1 unspecified atom stereocenters. The monoisotopic (exact) mass is 535 g/mol. The highest BCUT2D eigenvalue weighted by molar-refractivity contribution is 5.99. The number of allylic oxidation sites excluding steroid dienone is 1. The largest absolute Gasteiger partial charge is 0.400 e. The van der Waals surface area contributed by atoms with Crippen LogP contribution in [0.4, 0.5) is 0 Å². The molecule has 0 aromatic heterocycles. The Hall–Kier alpha value is -3.49. The van der Waals surface area contributed by atoms with E-state index >= 15 is 0 Å². The van der Waals surface area contributed by atoms with E-state index in [1.165, 1.54) is 45.2 Å². The van der Waals surface area contributed by atoms with Crippen molar-refractivity contribution in [3.63, 3.8) is 0 Å². The molecule has 1 saturated carbocycles. The van der Waals surface area contributed by atoms with Gasteiger partial charge in [0.2, 0.25) is 5.91 Å². The van der Waals surface area contributed by atoms with Crippen LogP contribution in [0.15, 0.2) is 61.2 Å². The number of hydrogen-bond acceptors (Lipinski definition) is 4. The molecule has 214 valence electrons. The first-order valence-corrected chi connectivity index (χ1v) is 13.7. The van der Waals surface area contributed by atoms with Crippen molar-refractivity contribution in [1.82, 2.24) is 5.32 Å². The maximum Gasteiger partial charge on any atom is 0.230 e. The molecule has 1 aliphatic rings. The van der Waals surface area contributed by atoms with Crippen molar-refractivity contribution in [2.24, 2.45) is 11.8 Å². The predicted molar refractivity (Wildman–Crippen MR) is 164 cm³/mol. The number of Topliss-reactive ketones (excluding diaryl/α,β-unsaturated/α-hetero) is 2. The molecule has 1 aliphatic carbocycles. The van der Waals surface area contributed by atoms with Crippen molar-refractivity contribution >= 4 is 17.5 Å². The summed E-state index contributed by atoms with van der Waals surface area (Å²) in [6, 6.07) is 15.7. The highest BCUT2D eigenvalue weighted by atomic mass is 16.2. The molecule has 1 atom stereocenters. The van der Waals surface area contributed by atoms with Crippen LogP contribution < -0.4 is 5.32 Å². The van der Waals surface area contributed by atoms with Gasteiger partial charge in [-0.1, -0.05) is 75.8 Å². The van der Waals surface area contributed by atoms with E-state index in [2.05, 4.69) is 42.8 Å². The van der Waals surface area contributed by atoms with Gasteiger partial charge in [-0.15, -0.1) is 6.58 Å². The summed E-state index contributed by atoms with van der Waals surface area (Å²) in [4.78, 5) is 32.3. The molecule has 0 spiro atoms. The Balaban J connectivity index is 0. The van der Waals surface area contributed by atoms with Crippen LogP contribution >= 0.6 is 0 Å². The first-order valence-electron chi connectivity index (χ1n) is 13.7. The molecule has 5 nitrogen and oxygen atoms in total. The van der Waals surface area contributed by atoms with Crippen LogP contribution in [0, 0.1) is 23.7 Å². The maximum atomic E-state index is 11.2. The molecule has 1 fully saturated rings. The summed E-state index contributed by atoms with van der Waals surface area (Å²) >= 11 is 0. The van der Waals surface area contributed by atoms with Crippen LogP contribution in [0.5, 0.6) is 0 Å². The van der Waals surface area contributed by atoms with Gasteiger partial charge in [-0.05, 0) is 75.8 Å². The van der Waals surface area contributed by atoms with Crippen molar-refractivity contribution < 1.29 is 19.5 Å². The van der Waals surface area contributed by atoms with Gasteiger partial charge < -0.3 is 10.4 Å². The van der Waals surface area contributed by atoms with Crippen LogP contribution in [0.1, 0.15) is 94.3 Å². The van der Waals surface area contributed by atoms with E-state index in [9.17, 15) is 14.4 Å². The topological polar surface area (TPSA) is 83.5 Å². The third kappa shape index (κ3) is 18.4. The summed E-state index contributed by atoms with van der Waals surface area (Å²) in [5.41, 5.74) is 3.96. The Morgan fingerprint density at radius 3 is 1.74 bits per heavy atom. The quantitative estimate of drug-likeness (QED) is 0.177. The van der Waals surface area contributed by atoms with E-state index < -0.39 is 5.92 Å². The summed E-state index contributed by atoms with van der Waals surface area (Å²) in [6.07, 6.45) is 8.63. The lowest BCUT2D eigenvalue weighted by atomic mass is 10.1. The fourth-order valence-electron chi connectivity index (χ4n) is 2.92. The second kappa shape index (κ2) is 23.6. The zero-order valence-electron chi connectivity index (χ0n) is 25.3. The lowest BCUT2D eigenvalue weighted by molar-refractivity contribution is -0.131. The second-order valence-electron chi connectivity index (χ2n) is 8.69. The van der Waals surface area contributed by atoms with E-state index in [0.29, 0.717) is 0 Å². The molecule has 2 aromatic carbocycles. The van der Waals surface area contributed by atoms with E-state index in [1.54, 1.807) is 13.8 Å². The molecular weight excluding hydrogens is 486 g/mol. The van der Waals surface area contributed by atoms with Crippen molar-refractivity contribution in [1.29, 1.82) is 0 Å². The predicted octanol–water partition coefficient (Wildman–Crippen LogP) is 6.81. The molecule has 0 bridgehead atoms. The number of aliphatic hydroxyl groups is 1. The van der Waals surface area contributed by atoms with Gasteiger partial charge in [0.05, 0.1) is 5.92 Å². The summed E-state index contributed by atoms with van der Waals surface area (Å²) in [6.45, 7) is 14.3. The Morgan fingerprint density at radius 2 is 1.44 bits per heavy atom. The van der Waals surface area contributed by atoms with Crippen LogP contribution in [0.2, 0.25) is 0 Å². The molecular formula is C34H49NO4. The number of hydrogen-bond donors (Lipinski definition) is 2. The number of aliphatic hydroxyl groups excluding tert-OH is 1. The molecule has 0 saturated heterocycles. The minimum Gasteiger partial charge on any atom is -0.400 e. The molecule has 39 heavy (non-hydrogen) atoms. The number of nitrogens with one attached hydrogen (secondary N) is 1. The Kier molecular flexibility index (Phi) is 22.8. The average Bonchev–Trinajstić information content (AvgIpc) is 3.82. The summed E-state index contributed by atoms with van der Waals surface area (Å²) in [5.74, 6) is 6.56. The maximum absolute atomic E-state index is 11.2. The van der Waals surface area contributed by atoms with E-state index in [0.717, 1.165) is 36.1 Å². The third-order valence-electron chi connectivity index (χ3n) is 5.73. The van der Waals surface area contributed by atoms with E-state index in [1.807, 2.05) is 56.3 Å². The van der Waals surface area contributed by atoms with E-state index in [4.69, 9.17) is 5.11 Å². The number of rotatable bonds is 7. The van der Waals surface area contributed by atoms with E-state index in [-0.39, 0.29) is 17.5 Å². The van der Waals surface area contributed by atoms with Gasteiger partial charge in [0.25, 0.3) is 0 Å². The van der Waals surface area contributed by atoms with Crippen molar-refractivity contribution in [2.75, 3.05) is 14.2 Å². The standard InChI is InChI=1S/C18H16O.C7H12.C6H11NO2.C2H6.CH4O/c1-3-15-4-6-16(7-5-15)8-9-17-10-12-18(13-11-17)14(2)19;1-2-3-4-7-5-6-7;1-4(5(2)8)6(9)7-3;2*1-2/h4-7,10-13H,3H2,1-2H3;2,7H,1,3-6H2;4H,1-3H3,(H,7,9);1-2H3;2H,1H3. The van der Waals surface area contributed by atoms with Crippen molar-refractivity contribution in [3.8, 4) is 11.8 Å². The number of carbonyl (C=O) groups excluding carboxylic acids is 3. The first-order chi connectivity index (χ1) is 18.7. The van der Waals surface area contributed by atoms with Crippen molar-refractivity contribution in [3.05, 3.63) is 83.4 Å². The van der Waals surface area contributed by atoms with Crippen LogP contribution in [0.3, 0.4) is 0 Å². The normalized spacial score (nSPS) is 11.3.